The molecule has 0 aliphatic heterocycles. The van der Waals surface area contributed by atoms with Crippen molar-refractivity contribution < 1.29 is 14.1 Å². The molecule has 0 aliphatic rings. The molecule has 3 rings (SSSR count). The molecule has 3 aromatic rings. The summed E-state index contributed by atoms with van der Waals surface area (Å²) in [5.41, 5.74) is 0.0260. The number of carbonyl (C=O) groups excluding carboxylic acids is 1. The predicted octanol–water partition coefficient (Wildman–Crippen LogP) is 4.41. The molecule has 1 N–H and O–H groups in total. The maximum absolute atomic E-state index is 12.3. The van der Waals surface area contributed by atoms with Gasteiger partial charge in [-0.05, 0) is 32.0 Å². The largest absolute Gasteiger partial charge is 0.461 e. The van der Waals surface area contributed by atoms with Crippen molar-refractivity contribution in [3.63, 3.8) is 0 Å². The molecule has 2 aromatic heterocycles. The fraction of sp³-hybridized carbons (Fsp3) is 0.235. The van der Waals surface area contributed by atoms with Gasteiger partial charge in [-0.3, -0.25) is 19.5 Å². The van der Waals surface area contributed by atoms with Crippen molar-refractivity contribution in [1.29, 1.82) is 0 Å². The number of aromatic nitrogens is 3. The molecule has 11 heteroatoms. The number of hydrogen-bond donors (Lipinski definition) is 1. The first-order valence-electron chi connectivity index (χ1n) is 8.22. The first-order valence-corrected chi connectivity index (χ1v) is 9.58. The van der Waals surface area contributed by atoms with Gasteiger partial charge in [0.2, 0.25) is 11.7 Å². The summed E-state index contributed by atoms with van der Waals surface area (Å²) in [7, 11) is 0. The lowest BCUT2D eigenvalue weighted by Crippen LogP contribution is -2.15. The van der Waals surface area contributed by atoms with Crippen molar-refractivity contribution in [2.75, 3.05) is 11.1 Å². The molecule has 146 valence electrons. The number of hydrogen-bond acceptors (Lipinski definition) is 7. The maximum Gasteiger partial charge on any atom is 0.271 e. The van der Waals surface area contributed by atoms with Gasteiger partial charge in [-0.1, -0.05) is 23.4 Å². The van der Waals surface area contributed by atoms with E-state index in [-0.39, 0.29) is 34.1 Å². The Kier molecular flexibility index (Phi) is 6.00. The average molecular weight is 422 g/mol. The van der Waals surface area contributed by atoms with E-state index >= 15 is 0 Å². The van der Waals surface area contributed by atoms with Crippen LogP contribution in [0.5, 0.6) is 0 Å². The minimum Gasteiger partial charge on any atom is -0.461 e. The van der Waals surface area contributed by atoms with Crippen molar-refractivity contribution in [3.8, 4) is 11.6 Å². The molecule has 9 nitrogen and oxygen atoms in total. The van der Waals surface area contributed by atoms with Gasteiger partial charge in [-0.2, -0.15) is 0 Å². The molecule has 0 unspecified atom stereocenters. The normalized spacial score (nSPS) is 11.0. The lowest BCUT2D eigenvalue weighted by Gasteiger charge is -2.12. The molecule has 0 bridgehead atoms. The zero-order valence-electron chi connectivity index (χ0n) is 15.0. The number of nitro groups is 1. The highest BCUT2D eigenvalue weighted by Gasteiger charge is 2.20. The van der Waals surface area contributed by atoms with E-state index in [0.717, 1.165) is 0 Å². The lowest BCUT2D eigenvalue weighted by atomic mass is 10.3. The summed E-state index contributed by atoms with van der Waals surface area (Å²) in [6.07, 6.45) is 1.55. The van der Waals surface area contributed by atoms with Gasteiger partial charge in [0, 0.05) is 18.2 Å². The average Bonchev–Trinajstić information content (AvgIpc) is 3.30. The molecule has 0 saturated carbocycles. The third-order valence-electron chi connectivity index (χ3n) is 3.69. The molecule has 1 aromatic carbocycles. The maximum atomic E-state index is 12.3. The van der Waals surface area contributed by atoms with E-state index in [1.807, 2.05) is 18.4 Å². The molecule has 0 aliphatic carbocycles. The summed E-state index contributed by atoms with van der Waals surface area (Å²) < 4.78 is 7.26. The zero-order valence-corrected chi connectivity index (χ0v) is 16.5. The second-order valence-corrected chi connectivity index (χ2v) is 7.36. The second kappa shape index (κ2) is 8.44. The second-order valence-electron chi connectivity index (χ2n) is 6.01. The monoisotopic (exact) mass is 421 g/mol. The quantitative estimate of drug-likeness (QED) is 0.341. The molecular formula is C17H16ClN5O4S. The van der Waals surface area contributed by atoms with Crippen molar-refractivity contribution in [2.24, 2.45) is 0 Å². The summed E-state index contributed by atoms with van der Waals surface area (Å²) in [5.74, 6) is 0.818. The smallest absolute Gasteiger partial charge is 0.271 e. The van der Waals surface area contributed by atoms with Crippen molar-refractivity contribution in [3.05, 3.63) is 51.7 Å². The van der Waals surface area contributed by atoms with Crippen LogP contribution >= 0.6 is 23.4 Å². The number of anilines is 1. The number of amides is 1. The number of halogens is 1. The van der Waals surface area contributed by atoms with E-state index in [0.29, 0.717) is 16.7 Å². The Balaban J connectivity index is 1.72. The minimum absolute atomic E-state index is 0.0298. The first kappa shape index (κ1) is 19.9. The third-order valence-corrected chi connectivity index (χ3v) is 4.96. The number of nitro benzene ring substituents is 1. The number of furan rings is 1. The number of nitrogens with zero attached hydrogens (tertiary/aromatic N) is 4. The van der Waals surface area contributed by atoms with Gasteiger partial charge >= 0.3 is 0 Å². The molecule has 28 heavy (non-hydrogen) atoms. The van der Waals surface area contributed by atoms with Crippen LogP contribution in [-0.4, -0.2) is 31.3 Å². The van der Waals surface area contributed by atoms with E-state index in [9.17, 15) is 14.9 Å². The van der Waals surface area contributed by atoms with E-state index in [4.69, 9.17) is 16.0 Å². The summed E-state index contributed by atoms with van der Waals surface area (Å²) in [6.45, 7) is 3.95. The fourth-order valence-electron chi connectivity index (χ4n) is 2.45. The molecular weight excluding hydrogens is 406 g/mol. The van der Waals surface area contributed by atoms with Gasteiger partial charge in [0.1, 0.15) is 0 Å². The summed E-state index contributed by atoms with van der Waals surface area (Å²) in [4.78, 5) is 22.6. The standard InChI is InChI=1S/C17H16ClN5O4S/c1-10(2)22-16(14-4-3-7-27-14)20-21-17(22)28-9-15(24)19-13-8-11(23(25)26)5-6-12(13)18/h3-8,10H,9H2,1-2H3,(H,19,24). The zero-order chi connectivity index (χ0) is 20.3. The summed E-state index contributed by atoms with van der Waals surface area (Å²) >= 11 is 7.20. The van der Waals surface area contributed by atoms with Crippen molar-refractivity contribution >= 4 is 40.6 Å². The highest BCUT2D eigenvalue weighted by atomic mass is 35.5. The van der Waals surface area contributed by atoms with Crippen molar-refractivity contribution in [1.82, 2.24) is 14.8 Å². The Morgan fingerprint density at radius 2 is 2.18 bits per heavy atom. The Bertz CT molecular complexity index is 1000. The van der Waals surface area contributed by atoms with Crippen LogP contribution in [0.2, 0.25) is 5.02 Å². The molecule has 2 heterocycles. The van der Waals surface area contributed by atoms with E-state index < -0.39 is 4.92 Å². The number of carbonyl (C=O) groups is 1. The number of thioether (sulfide) groups is 1. The molecule has 0 atom stereocenters. The van der Waals surface area contributed by atoms with Crippen LogP contribution in [0.25, 0.3) is 11.6 Å². The van der Waals surface area contributed by atoms with Gasteiger partial charge in [0.05, 0.1) is 27.6 Å². The van der Waals surface area contributed by atoms with Crippen LogP contribution in [-0.2, 0) is 4.79 Å². The van der Waals surface area contributed by atoms with Crippen molar-refractivity contribution in [2.45, 2.75) is 25.0 Å². The van der Waals surface area contributed by atoms with Gasteiger partial charge < -0.3 is 9.73 Å². The highest BCUT2D eigenvalue weighted by molar-refractivity contribution is 7.99. The van der Waals surface area contributed by atoms with E-state index in [1.165, 1.54) is 30.0 Å². The molecule has 0 fully saturated rings. The SMILES string of the molecule is CC(C)n1c(SCC(=O)Nc2cc([N+](=O)[O-])ccc2Cl)nnc1-c1ccco1. The Morgan fingerprint density at radius 3 is 2.82 bits per heavy atom. The highest BCUT2D eigenvalue weighted by Crippen LogP contribution is 2.29. The number of nitrogens with one attached hydrogen (secondary N) is 1. The number of benzene rings is 1. The van der Waals surface area contributed by atoms with Gasteiger partial charge in [0.25, 0.3) is 5.69 Å². The van der Waals surface area contributed by atoms with Gasteiger partial charge in [-0.25, -0.2) is 0 Å². The number of rotatable bonds is 7. The van der Waals surface area contributed by atoms with Crippen LogP contribution in [0.4, 0.5) is 11.4 Å². The van der Waals surface area contributed by atoms with Gasteiger partial charge in [-0.15, -0.1) is 10.2 Å². The predicted molar refractivity (Wildman–Crippen MR) is 106 cm³/mol. The van der Waals surface area contributed by atoms with Crippen LogP contribution in [0.15, 0.2) is 46.2 Å². The Hall–Kier alpha value is -2.85. The molecule has 0 spiro atoms. The topological polar surface area (TPSA) is 116 Å². The van der Waals surface area contributed by atoms with Crippen LogP contribution in [0, 0.1) is 10.1 Å². The Labute approximate surface area is 169 Å². The summed E-state index contributed by atoms with van der Waals surface area (Å²) in [5, 5.41) is 22.5. The first-order chi connectivity index (χ1) is 13.4. The third kappa shape index (κ3) is 4.34. The summed E-state index contributed by atoms with van der Waals surface area (Å²) in [6, 6.07) is 7.45. The van der Waals surface area contributed by atoms with Crippen LogP contribution in [0.1, 0.15) is 19.9 Å². The van der Waals surface area contributed by atoms with E-state index in [2.05, 4.69) is 15.5 Å². The fourth-order valence-corrected chi connectivity index (χ4v) is 3.49. The minimum atomic E-state index is -0.554. The molecule has 0 saturated heterocycles. The van der Waals surface area contributed by atoms with Gasteiger partial charge in [0.15, 0.2) is 10.9 Å². The van der Waals surface area contributed by atoms with Crippen LogP contribution < -0.4 is 5.32 Å². The molecule has 0 radical (unpaired) electrons. The van der Waals surface area contributed by atoms with E-state index in [1.54, 1.807) is 18.4 Å². The molecule has 1 amide bonds. The Morgan fingerprint density at radius 1 is 1.39 bits per heavy atom. The number of non-ortho nitro benzene ring substituents is 1. The lowest BCUT2D eigenvalue weighted by molar-refractivity contribution is -0.384. The van der Waals surface area contributed by atoms with Crippen LogP contribution in [0.3, 0.4) is 0 Å².